The Morgan fingerprint density at radius 1 is 1.10 bits per heavy atom. The van der Waals surface area contributed by atoms with Crippen LogP contribution in [0.1, 0.15) is 48.5 Å². The number of nitrogens with two attached hydrogens (primary N) is 1. The van der Waals surface area contributed by atoms with E-state index in [1.54, 1.807) is 30.4 Å². The van der Waals surface area contributed by atoms with Crippen molar-refractivity contribution in [2.45, 2.75) is 44.4 Å². The zero-order valence-corrected chi connectivity index (χ0v) is 22.4. The number of aryl methyl sites for hydroxylation is 1. The Hall–Kier alpha value is -4.29. The van der Waals surface area contributed by atoms with Gasteiger partial charge >= 0.3 is 0 Å². The normalized spacial score (nSPS) is 13.2. The summed E-state index contributed by atoms with van der Waals surface area (Å²) in [6.07, 6.45) is 8.81. The van der Waals surface area contributed by atoms with E-state index in [9.17, 15) is 17.8 Å². The first-order valence-electron chi connectivity index (χ1n) is 12.3. The van der Waals surface area contributed by atoms with E-state index in [-0.39, 0.29) is 16.3 Å². The van der Waals surface area contributed by atoms with E-state index in [1.165, 1.54) is 12.3 Å². The summed E-state index contributed by atoms with van der Waals surface area (Å²) >= 11 is 0. The smallest absolute Gasteiger partial charge is 0.295 e. The van der Waals surface area contributed by atoms with Crippen LogP contribution in [-0.2, 0) is 10.1 Å². The van der Waals surface area contributed by atoms with Crippen molar-refractivity contribution >= 4 is 45.6 Å². The second-order valence-corrected chi connectivity index (χ2v) is 10.3. The van der Waals surface area contributed by atoms with E-state index in [0.717, 1.165) is 24.7 Å². The van der Waals surface area contributed by atoms with Gasteiger partial charge < -0.3 is 10.6 Å². The van der Waals surface area contributed by atoms with Crippen LogP contribution in [0.4, 0.5) is 17.1 Å². The number of azo groups is 1. The first-order chi connectivity index (χ1) is 18.8. The number of benzene rings is 2. The summed E-state index contributed by atoms with van der Waals surface area (Å²) in [5.74, 6) is 5.77. The highest BCUT2D eigenvalue weighted by Crippen LogP contribution is 2.34. The topological polar surface area (TPSA) is 169 Å². The third kappa shape index (κ3) is 6.24. The standard InChI is InChI=1S/C27H28N6O5S/c1-3-4-11-38-27-18(16-34)12-17(2)13-22(27)23-10-9-19(15-29-23)30-31-24-14-25(39(35,36)37)20-7-5-6-8-21(20)26(24)32-33-28/h7-10,12-16H,3-6,11H2,1-2H3,(H2,28,32)(H,35,36,37). The van der Waals surface area contributed by atoms with Crippen molar-refractivity contribution in [1.29, 1.82) is 0 Å². The Kier molecular flexibility index (Phi) is 8.57. The minimum atomic E-state index is -4.55. The molecule has 3 aromatic rings. The molecule has 0 fully saturated rings. The van der Waals surface area contributed by atoms with Crippen molar-refractivity contribution < 1.29 is 22.5 Å². The van der Waals surface area contributed by atoms with Gasteiger partial charge in [-0.2, -0.15) is 8.42 Å². The Morgan fingerprint density at radius 2 is 1.87 bits per heavy atom. The number of carbonyl (C=O) groups is 1. The van der Waals surface area contributed by atoms with Gasteiger partial charge in [-0.05, 0) is 62.1 Å². The van der Waals surface area contributed by atoms with E-state index in [1.807, 2.05) is 13.0 Å². The third-order valence-electron chi connectivity index (χ3n) is 6.05. The second kappa shape index (κ2) is 12.0. The summed E-state index contributed by atoms with van der Waals surface area (Å²) in [4.78, 5) is 15.9. The van der Waals surface area contributed by atoms with Gasteiger partial charge in [0.15, 0.2) is 6.29 Å². The SMILES string of the molecule is CCCCOc1c(C=O)cc(C)cc1-c1ccc(N=Nc2cc(S(=O)(=O)O)c3c(c2N=NN)=CCCC=3)cn1. The lowest BCUT2D eigenvalue weighted by Crippen LogP contribution is -2.32. The van der Waals surface area contributed by atoms with Gasteiger partial charge in [-0.3, -0.25) is 14.3 Å². The molecule has 0 bridgehead atoms. The molecule has 3 N–H and O–H groups in total. The largest absolute Gasteiger partial charge is 0.492 e. The molecule has 2 aromatic carbocycles. The molecule has 0 unspecified atom stereocenters. The zero-order valence-electron chi connectivity index (χ0n) is 21.5. The predicted molar refractivity (Wildman–Crippen MR) is 147 cm³/mol. The number of ether oxygens (including phenoxy) is 1. The van der Waals surface area contributed by atoms with Gasteiger partial charge in [-0.25, -0.2) is 0 Å². The van der Waals surface area contributed by atoms with Gasteiger partial charge in [0.25, 0.3) is 10.1 Å². The predicted octanol–water partition coefficient (Wildman–Crippen LogP) is 5.02. The summed E-state index contributed by atoms with van der Waals surface area (Å²) in [5, 5.41) is 16.4. The molecule has 1 aromatic heterocycles. The van der Waals surface area contributed by atoms with Crippen LogP contribution in [0.3, 0.4) is 0 Å². The lowest BCUT2D eigenvalue weighted by atomic mass is 10.0. The van der Waals surface area contributed by atoms with Gasteiger partial charge in [0.2, 0.25) is 0 Å². The molecule has 1 heterocycles. The summed E-state index contributed by atoms with van der Waals surface area (Å²) in [6.45, 7) is 4.42. The maximum atomic E-state index is 12.1. The van der Waals surface area contributed by atoms with Gasteiger partial charge in [-0.1, -0.05) is 30.7 Å². The van der Waals surface area contributed by atoms with Gasteiger partial charge in [0.1, 0.15) is 27.7 Å². The average molecular weight is 549 g/mol. The highest BCUT2D eigenvalue weighted by Gasteiger charge is 2.19. The van der Waals surface area contributed by atoms with E-state index >= 15 is 0 Å². The first-order valence-corrected chi connectivity index (χ1v) is 13.8. The number of aldehydes is 1. The number of hydrogen-bond donors (Lipinski definition) is 2. The summed E-state index contributed by atoms with van der Waals surface area (Å²) in [6, 6.07) is 8.26. The lowest BCUT2D eigenvalue weighted by Gasteiger charge is -2.14. The molecule has 1 aliphatic carbocycles. The van der Waals surface area contributed by atoms with Crippen LogP contribution < -0.4 is 21.0 Å². The fraction of sp³-hybridized carbons (Fsp3) is 0.259. The zero-order chi connectivity index (χ0) is 28.0. The van der Waals surface area contributed by atoms with Gasteiger partial charge in [-0.15, -0.1) is 15.3 Å². The van der Waals surface area contributed by atoms with Gasteiger partial charge in [0, 0.05) is 16.0 Å². The molecule has 0 saturated carbocycles. The molecule has 0 amide bonds. The van der Waals surface area contributed by atoms with Crippen LogP contribution in [0.2, 0.25) is 0 Å². The van der Waals surface area contributed by atoms with E-state index in [0.29, 0.717) is 58.1 Å². The molecule has 202 valence electrons. The van der Waals surface area contributed by atoms with Gasteiger partial charge in [0.05, 0.1) is 24.1 Å². The van der Waals surface area contributed by atoms with Crippen LogP contribution in [-0.4, -0.2) is 30.8 Å². The molecule has 12 heteroatoms. The van der Waals surface area contributed by atoms with Crippen molar-refractivity contribution in [2.24, 2.45) is 26.4 Å². The number of pyridine rings is 1. The maximum absolute atomic E-state index is 12.1. The second-order valence-electron chi connectivity index (χ2n) is 8.90. The number of unbranched alkanes of at least 4 members (excludes halogenated alkanes) is 1. The van der Waals surface area contributed by atoms with Crippen molar-refractivity contribution in [3.05, 3.63) is 58.1 Å². The first kappa shape index (κ1) is 27.7. The maximum Gasteiger partial charge on any atom is 0.295 e. The Morgan fingerprint density at radius 3 is 2.51 bits per heavy atom. The van der Waals surface area contributed by atoms with Crippen LogP contribution in [0.5, 0.6) is 5.75 Å². The molecular weight excluding hydrogens is 520 g/mol. The number of nitrogens with zero attached hydrogens (tertiary/aromatic N) is 5. The lowest BCUT2D eigenvalue weighted by molar-refractivity contribution is 0.111. The van der Waals surface area contributed by atoms with E-state index < -0.39 is 10.1 Å². The number of rotatable bonds is 10. The number of aromatic nitrogens is 1. The van der Waals surface area contributed by atoms with Crippen LogP contribution in [0.25, 0.3) is 23.4 Å². The van der Waals surface area contributed by atoms with Crippen molar-refractivity contribution in [3.63, 3.8) is 0 Å². The molecular formula is C27H28N6O5S. The summed E-state index contributed by atoms with van der Waals surface area (Å²) < 4.78 is 39.9. The monoisotopic (exact) mass is 548 g/mol. The molecule has 11 nitrogen and oxygen atoms in total. The minimum Gasteiger partial charge on any atom is -0.492 e. The molecule has 0 saturated heterocycles. The fourth-order valence-corrected chi connectivity index (χ4v) is 5.00. The average Bonchev–Trinajstić information content (AvgIpc) is 2.92. The van der Waals surface area contributed by atoms with E-state index in [4.69, 9.17) is 10.6 Å². The third-order valence-corrected chi connectivity index (χ3v) is 6.94. The van der Waals surface area contributed by atoms with Crippen LogP contribution in [0, 0.1) is 6.92 Å². The van der Waals surface area contributed by atoms with Crippen molar-refractivity contribution in [2.75, 3.05) is 6.61 Å². The quantitative estimate of drug-likeness (QED) is 0.0894. The molecule has 1 aliphatic rings. The van der Waals surface area contributed by atoms with Crippen molar-refractivity contribution in [1.82, 2.24) is 4.98 Å². The number of fused-ring (bicyclic) bond motifs is 1. The highest BCUT2D eigenvalue weighted by atomic mass is 32.2. The van der Waals surface area contributed by atoms with Crippen LogP contribution in [0.15, 0.2) is 62.0 Å². The molecule has 0 aliphatic heterocycles. The fourth-order valence-electron chi connectivity index (χ4n) is 4.27. The Labute approximate surface area is 225 Å². The minimum absolute atomic E-state index is 0.0621. The Balaban J connectivity index is 1.74. The van der Waals surface area contributed by atoms with E-state index in [2.05, 4.69) is 32.5 Å². The molecule has 39 heavy (non-hydrogen) atoms. The molecule has 4 rings (SSSR count). The van der Waals surface area contributed by atoms with Crippen molar-refractivity contribution in [3.8, 4) is 17.0 Å². The summed E-state index contributed by atoms with van der Waals surface area (Å²) in [5.41, 5.74) is 3.26. The number of hydrogen-bond acceptors (Lipinski definition) is 9. The number of carbonyl (C=O) groups excluding carboxylic acids is 1. The summed E-state index contributed by atoms with van der Waals surface area (Å²) in [7, 11) is -4.55. The molecule has 0 radical (unpaired) electrons. The Bertz CT molecular complexity index is 1680. The highest BCUT2D eigenvalue weighted by molar-refractivity contribution is 7.85. The molecule has 0 spiro atoms. The van der Waals surface area contributed by atoms with Crippen LogP contribution >= 0.6 is 0 Å². The molecule has 0 atom stereocenters.